The number of H-pyrrole nitrogens is 1. The number of amides is 1. The molecule has 1 aliphatic rings. The molecule has 2 rings (SSSR count). The third-order valence-electron chi connectivity index (χ3n) is 1.99. The van der Waals surface area contributed by atoms with Gasteiger partial charge in [0.1, 0.15) is 11.5 Å². The average Bonchev–Trinajstić information content (AvgIpc) is 2.96. The Morgan fingerprint density at radius 1 is 1.53 bits per heavy atom. The van der Waals surface area contributed by atoms with Crippen molar-refractivity contribution in [3.05, 3.63) is 11.8 Å². The van der Waals surface area contributed by atoms with Gasteiger partial charge in [-0.2, -0.15) is 5.10 Å². The number of aromatic amines is 1. The summed E-state index contributed by atoms with van der Waals surface area (Å²) >= 11 is 0. The van der Waals surface area contributed by atoms with Crippen LogP contribution in [-0.2, 0) is 0 Å². The molecule has 0 atom stereocenters. The molecule has 0 unspecified atom stereocenters. The van der Waals surface area contributed by atoms with Crippen LogP contribution in [0.4, 0.5) is 5.82 Å². The van der Waals surface area contributed by atoms with Crippen molar-refractivity contribution >= 4 is 11.7 Å². The Bertz CT molecular complexity index is 317. The molecule has 1 amide bonds. The molecule has 0 bridgehead atoms. The van der Waals surface area contributed by atoms with Crippen molar-refractivity contribution in [2.75, 3.05) is 12.4 Å². The fourth-order valence-electron chi connectivity index (χ4n) is 1.06. The van der Waals surface area contributed by atoms with Gasteiger partial charge in [0, 0.05) is 19.2 Å². The lowest BCUT2D eigenvalue weighted by atomic mass is 10.4. The highest BCUT2D eigenvalue weighted by Crippen LogP contribution is 2.19. The van der Waals surface area contributed by atoms with Crippen molar-refractivity contribution in [1.82, 2.24) is 15.5 Å². The van der Waals surface area contributed by atoms with Gasteiger partial charge in [0.05, 0.1) is 0 Å². The first-order valence-electron chi connectivity index (χ1n) is 5.33. The molecular formula is C10H18N4O. The lowest BCUT2D eigenvalue weighted by Gasteiger charge is -1.97. The monoisotopic (exact) mass is 210 g/mol. The average molecular weight is 210 g/mol. The van der Waals surface area contributed by atoms with Crippen LogP contribution in [0.1, 0.15) is 37.2 Å². The van der Waals surface area contributed by atoms with Gasteiger partial charge in [0.15, 0.2) is 0 Å². The summed E-state index contributed by atoms with van der Waals surface area (Å²) < 4.78 is 0. The van der Waals surface area contributed by atoms with Gasteiger partial charge in [-0.15, -0.1) is 0 Å². The molecule has 0 saturated heterocycles. The molecular weight excluding hydrogens is 192 g/mol. The zero-order valence-corrected chi connectivity index (χ0v) is 9.42. The highest BCUT2D eigenvalue weighted by atomic mass is 16.2. The first-order chi connectivity index (χ1) is 7.29. The number of carbonyl (C=O) groups is 1. The predicted octanol–water partition coefficient (Wildman–Crippen LogP) is 1.37. The maximum Gasteiger partial charge on any atom is 0.269 e. The van der Waals surface area contributed by atoms with Crippen LogP contribution in [0, 0.1) is 0 Å². The SMILES string of the molecule is CC.CNc1cc(C(=O)NC2CC2)[nH]n1. The molecule has 1 aromatic rings. The van der Waals surface area contributed by atoms with Crippen molar-refractivity contribution < 1.29 is 4.79 Å². The summed E-state index contributed by atoms with van der Waals surface area (Å²) in [7, 11) is 1.76. The van der Waals surface area contributed by atoms with E-state index >= 15 is 0 Å². The molecule has 3 N–H and O–H groups in total. The number of hydrogen-bond acceptors (Lipinski definition) is 3. The van der Waals surface area contributed by atoms with Crippen LogP contribution in [0.5, 0.6) is 0 Å². The third-order valence-corrected chi connectivity index (χ3v) is 1.99. The van der Waals surface area contributed by atoms with Crippen molar-refractivity contribution in [2.45, 2.75) is 32.7 Å². The summed E-state index contributed by atoms with van der Waals surface area (Å²) in [6.45, 7) is 4.00. The summed E-state index contributed by atoms with van der Waals surface area (Å²) in [5.74, 6) is 0.609. The Morgan fingerprint density at radius 3 is 2.67 bits per heavy atom. The van der Waals surface area contributed by atoms with Crippen molar-refractivity contribution in [3.63, 3.8) is 0 Å². The quantitative estimate of drug-likeness (QED) is 0.705. The van der Waals surface area contributed by atoms with Crippen LogP contribution in [0.25, 0.3) is 0 Å². The number of hydrogen-bond donors (Lipinski definition) is 3. The van der Waals surface area contributed by atoms with Crippen molar-refractivity contribution in [3.8, 4) is 0 Å². The van der Waals surface area contributed by atoms with E-state index in [9.17, 15) is 4.79 Å². The smallest absolute Gasteiger partial charge is 0.269 e. The lowest BCUT2D eigenvalue weighted by Crippen LogP contribution is -2.25. The Balaban J connectivity index is 0.000000531. The second kappa shape index (κ2) is 5.38. The molecule has 0 radical (unpaired) electrons. The van der Waals surface area contributed by atoms with E-state index in [2.05, 4.69) is 20.8 Å². The fraction of sp³-hybridized carbons (Fsp3) is 0.600. The van der Waals surface area contributed by atoms with E-state index in [0.29, 0.717) is 17.6 Å². The number of nitrogens with one attached hydrogen (secondary N) is 3. The van der Waals surface area contributed by atoms with E-state index < -0.39 is 0 Å². The molecule has 1 aromatic heterocycles. The second-order valence-electron chi connectivity index (χ2n) is 3.16. The lowest BCUT2D eigenvalue weighted by molar-refractivity contribution is 0.0946. The molecule has 0 aromatic carbocycles. The zero-order chi connectivity index (χ0) is 11.3. The Kier molecular flexibility index (Phi) is 4.15. The molecule has 15 heavy (non-hydrogen) atoms. The molecule has 84 valence electrons. The molecule has 0 aliphatic heterocycles. The van der Waals surface area contributed by atoms with Gasteiger partial charge < -0.3 is 10.6 Å². The van der Waals surface area contributed by atoms with E-state index in [1.54, 1.807) is 13.1 Å². The second-order valence-corrected chi connectivity index (χ2v) is 3.16. The third kappa shape index (κ3) is 3.27. The first-order valence-corrected chi connectivity index (χ1v) is 5.33. The maximum absolute atomic E-state index is 11.4. The summed E-state index contributed by atoms with van der Waals surface area (Å²) in [4.78, 5) is 11.4. The minimum atomic E-state index is -0.0727. The van der Waals surface area contributed by atoms with Gasteiger partial charge in [0.2, 0.25) is 0 Å². The van der Waals surface area contributed by atoms with Crippen molar-refractivity contribution in [1.29, 1.82) is 0 Å². The number of anilines is 1. The van der Waals surface area contributed by atoms with Crippen LogP contribution in [0.3, 0.4) is 0 Å². The largest absolute Gasteiger partial charge is 0.372 e. The molecule has 1 heterocycles. The summed E-state index contributed by atoms with van der Waals surface area (Å²) in [5.41, 5.74) is 0.510. The van der Waals surface area contributed by atoms with Gasteiger partial charge in [-0.3, -0.25) is 9.89 Å². The summed E-state index contributed by atoms with van der Waals surface area (Å²) in [6, 6.07) is 2.08. The highest BCUT2D eigenvalue weighted by molar-refractivity contribution is 5.93. The zero-order valence-electron chi connectivity index (χ0n) is 9.42. The van der Waals surface area contributed by atoms with Crippen molar-refractivity contribution in [2.24, 2.45) is 0 Å². The molecule has 1 saturated carbocycles. The minimum absolute atomic E-state index is 0.0727. The van der Waals surface area contributed by atoms with E-state index in [4.69, 9.17) is 0 Å². The summed E-state index contributed by atoms with van der Waals surface area (Å²) in [5, 5.41) is 12.3. The van der Waals surface area contributed by atoms with Gasteiger partial charge in [-0.1, -0.05) is 13.8 Å². The molecule has 5 heteroatoms. The highest BCUT2D eigenvalue weighted by Gasteiger charge is 2.24. The molecule has 1 aliphatic carbocycles. The van der Waals surface area contributed by atoms with Crippen LogP contribution >= 0.6 is 0 Å². The van der Waals surface area contributed by atoms with Gasteiger partial charge in [0.25, 0.3) is 5.91 Å². The first kappa shape index (κ1) is 11.6. The van der Waals surface area contributed by atoms with E-state index in [1.807, 2.05) is 13.8 Å². The maximum atomic E-state index is 11.4. The Hall–Kier alpha value is -1.52. The van der Waals surface area contributed by atoms with Gasteiger partial charge in [-0.25, -0.2) is 0 Å². The van der Waals surface area contributed by atoms with Crippen LogP contribution in [-0.4, -0.2) is 29.2 Å². The van der Waals surface area contributed by atoms with E-state index in [0.717, 1.165) is 12.8 Å². The minimum Gasteiger partial charge on any atom is -0.372 e. The number of rotatable bonds is 3. The van der Waals surface area contributed by atoms with Crippen LogP contribution in [0.2, 0.25) is 0 Å². The Morgan fingerprint density at radius 2 is 2.20 bits per heavy atom. The fourth-order valence-corrected chi connectivity index (χ4v) is 1.06. The topological polar surface area (TPSA) is 69.8 Å². The van der Waals surface area contributed by atoms with Gasteiger partial charge >= 0.3 is 0 Å². The summed E-state index contributed by atoms with van der Waals surface area (Å²) in [6.07, 6.45) is 2.19. The van der Waals surface area contributed by atoms with Crippen LogP contribution in [0.15, 0.2) is 6.07 Å². The van der Waals surface area contributed by atoms with E-state index in [1.165, 1.54) is 0 Å². The van der Waals surface area contributed by atoms with Crippen LogP contribution < -0.4 is 10.6 Å². The normalized spacial score (nSPS) is 13.8. The molecule has 0 spiro atoms. The number of carbonyl (C=O) groups excluding carboxylic acids is 1. The van der Waals surface area contributed by atoms with E-state index in [-0.39, 0.29) is 5.91 Å². The molecule has 5 nitrogen and oxygen atoms in total. The number of aromatic nitrogens is 2. The Labute approximate surface area is 89.6 Å². The molecule has 1 fully saturated rings. The predicted molar refractivity (Wildman–Crippen MR) is 60.0 cm³/mol. The standard InChI is InChI=1S/C8H12N4O.C2H6/c1-9-7-4-6(11-12-7)8(13)10-5-2-3-5;1-2/h4-5H,2-3H2,1H3,(H,10,13)(H2,9,11,12);1-2H3. The van der Waals surface area contributed by atoms with Gasteiger partial charge in [-0.05, 0) is 12.8 Å². The number of nitrogens with zero attached hydrogens (tertiary/aromatic N) is 1.